The Morgan fingerprint density at radius 2 is 1.90 bits per heavy atom. The van der Waals surface area contributed by atoms with Crippen molar-refractivity contribution >= 4 is 5.91 Å². The van der Waals surface area contributed by atoms with Gasteiger partial charge in [0.05, 0.1) is 5.41 Å². The van der Waals surface area contributed by atoms with E-state index in [9.17, 15) is 9.18 Å². The summed E-state index contributed by atoms with van der Waals surface area (Å²) in [5, 5.41) is 6.36. The van der Waals surface area contributed by atoms with Crippen LogP contribution in [0.25, 0.3) is 0 Å². The Morgan fingerprint density at radius 1 is 1.30 bits per heavy atom. The van der Waals surface area contributed by atoms with E-state index in [1.165, 1.54) is 12.1 Å². The van der Waals surface area contributed by atoms with Gasteiger partial charge in [0, 0.05) is 6.54 Å². The van der Waals surface area contributed by atoms with Gasteiger partial charge < -0.3 is 10.6 Å². The first-order chi connectivity index (χ1) is 9.50. The molecule has 0 spiro atoms. The van der Waals surface area contributed by atoms with Crippen LogP contribution in [0.2, 0.25) is 0 Å². The minimum Gasteiger partial charge on any atom is -0.355 e. The minimum atomic E-state index is -0.638. The third-order valence-corrected chi connectivity index (χ3v) is 4.14. The van der Waals surface area contributed by atoms with Crippen molar-refractivity contribution in [1.29, 1.82) is 0 Å². The van der Waals surface area contributed by atoms with Crippen molar-refractivity contribution < 1.29 is 9.18 Å². The lowest BCUT2D eigenvalue weighted by molar-refractivity contribution is -0.125. The molecule has 0 aromatic heterocycles. The number of nitrogens with one attached hydrogen (secondary N) is 2. The molecule has 4 heteroatoms. The van der Waals surface area contributed by atoms with Gasteiger partial charge in [0.2, 0.25) is 5.91 Å². The number of carbonyl (C=O) groups excluding carboxylic acids is 1. The zero-order valence-corrected chi connectivity index (χ0v) is 12.2. The van der Waals surface area contributed by atoms with Gasteiger partial charge in [0.25, 0.3) is 0 Å². The molecule has 0 atom stereocenters. The van der Waals surface area contributed by atoms with Crippen molar-refractivity contribution in [3.8, 4) is 0 Å². The summed E-state index contributed by atoms with van der Waals surface area (Å²) >= 11 is 0. The molecule has 0 bridgehead atoms. The van der Waals surface area contributed by atoms with Crippen LogP contribution in [0.3, 0.4) is 0 Å². The van der Waals surface area contributed by atoms with Gasteiger partial charge in [-0.25, -0.2) is 4.39 Å². The summed E-state index contributed by atoms with van der Waals surface area (Å²) in [6.45, 7) is 6.53. The van der Waals surface area contributed by atoms with Crippen molar-refractivity contribution in [3.05, 3.63) is 35.6 Å². The lowest BCUT2D eigenvalue weighted by atomic mass is 9.83. The second-order valence-corrected chi connectivity index (χ2v) is 6.04. The highest BCUT2D eigenvalue weighted by Crippen LogP contribution is 2.24. The molecular formula is C16H23FN2O. The number of halogens is 1. The van der Waals surface area contributed by atoms with Crippen LogP contribution >= 0.6 is 0 Å². The molecule has 3 nitrogen and oxygen atoms in total. The highest BCUT2D eigenvalue weighted by molar-refractivity contribution is 5.87. The fraction of sp³-hybridized carbons (Fsp3) is 0.562. The van der Waals surface area contributed by atoms with Crippen molar-refractivity contribution in [2.45, 2.75) is 32.1 Å². The topological polar surface area (TPSA) is 41.1 Å². The largest absolute Gasteiger partial charge is 0.355 e. The predicted octanol–water partition coefficient (Wildman–Crippen LogP) is 2.22. The third-order valence-electron chi connectivity index (χ3n) is 4.14. The van der Waals surface area contributed by atoms with Crippen LogP contribution in [-0.4, -0.2) is 25.5 Å². The number of amides is 1. The smallest absolute Gasteiger partial charge is 0.230 e. The molecule has 0 unspecified atom stereocenters. The Kier molecular flexibility index (Phi) is 4.76. The highest BCUT2D eigenvalue weighted by atomic mass is 19.1. The van der Waals surface area contributed by atoms with Gasteiger partial charge in [-0.15, -0.1) is 0 Å². The van der Waals surface area contributed by atoms with Crippen molar-refractivity contribution in [2.75, 3.05) is 19.6 Å². The van der Waals surface area contributed by atoms with Crippen LogP contribution in [0, 0.1) is 11.7 Å². The third kappa shape index (κ3) is 3.57. The van der Waals surface area contributed by atoms with Crippen LogP contribution in [0.1, 0.15) is 32.3 Å². The zero-order chi connectivity index (χ0) is 14.6. The molecule has 1 aromatic rings. The summed E-state index contributed by atoms with van der Waals surface area (Å²) in [6, 6.07) is 6.16. The summed E-state index contributed by atoms with van der Waals surface area (Å²) in [4.78, 5) is 12.4. The number of rotatable bonds is 4. The summed E-state index contributed by atoms with van der Waals surface area (Å²) in [7, 11) is 0. The maximum atomic E-state index is 13.0. The molecule has 1 fully saturated rings. The van der Waals surface area contributed by atoms with E-state index < -0.39 is 5.41 Å². The molecule has 1 aromatic carbocycles. The Bertz CT molecular complexity index is 450. The van der Waals surface area contributed by atoms with E-state index in [1.54, 1.807) is 12.1 Å². The molecule has 1 amide bonds. The molecule has 1 aliphatic rings. The van der Waals surface area contributed by atoms with Crippen molar-refractivity contribution in [2.24, 2.45) is 5.92 Å². The van der Waals surface area contributed by atoms with Gasteiger partial charge in [-0.3, -0.25) is 4.79 Å². The fourth-order valence-corrected chi connectivity index (χ4v) is 2.54. The predicted molar refractivity (Wildman–Crippen MR) is 78.0 cm³/mol. The van der Waals surface area contributed by atoms with Crippen LogP contribution < -0.4 is 10.6 Å². The number of hydrogen-bond acceptors (Lipinski definition) is 2. The van der Waals surface area contributed by atoms with Gasteiger partial charge in [-0.1, -0.05) is 12.1 Å². The Balaban J connectivity index is 1.94. The van der Waals surface area contributed by atoms with E-state index in [0.717, 1.165) is 38.0 Å². The SMILES string of the molecule is CC(C)(C(=O)NCC1CCNCC1)c1ccc(F)cc1. The molecule has 0 aliphatic carbocycles. The second kappa shape index (κ2) is 6.35. The molecule has 1 aliphatic heterocycles. The molecule has 0 saturated carbocycles. The Morgan fingerprint density at radius 3 is 2.50 bits per heavy atom. The molecule has 2 N–H and O–H groups in total. The molecular weight excluding hydrogens is 255 g/mol. The fourth-order valence-electron chi connectivity index (χ4n) is 2.54. The van der Waals surface area contributed by atoms with Crippen LogP contribution in [-0.2, 0) is 10.2 Å². The van der Waals surface area contributed by atoms with E-state index in [1.807, 2.05) is 13.8 Å². The van der Waals surface area contributed by atoms with E-state index in [0.29, 0.717) is 5.92 Å². The normalized spacial score (nSPS) is 16.9. The quantitative estimate of drug-likeness (QED) is 0.886. The molecule has 1 heterocycles. The van der Waals surface area contributed by atoms with Crippen molar-refractivity contribution in [3.63, 3.8) is 0 Å². The second-order valence-electron chi connectivity index (χ2n) is 6.04. The lowest BCUT2D eigenvalue weighted by Crippen LogP contribution is -2.43. The molecule has 0 radical (unpaired) electrons. The maximum Gasteiger partial charge on any atom is 0.230 e. The summed E-state index contributed by atoms with van der Waals surface area (Å²) in [5.74, 6) is 0.284. The summed E-state index contributed by atoms with van der Waals surface area (Å²) in [5.41, 5.74) is 0.197. The van der Waals surface area contributed by atoms with Gasteiger partial charge >= 0.3 is 0 Å². The monoisotopic (exact) mass is 278 g/mol. The number of piperidine rings is 1. The van der Waals surface area contributed by atoms with Crippen molar-refractivity contribution in [1.82, 2.24) is 10.6 Å². The van der Waals surface area contributed by atoms with Crippen LogP contribution in [0.15, 0.2) is 24.3 Å². The average Bonchev–Trinajstić information content (AvgIpc) is 2.46. The Hall–Kier alpha value is -1.42. The van der Waals surface area contributed by atoms with E-state index in [-0.39, 0.29) is 11.7 Å². The minimum absolute atomic E-state index is 0.00245. The van der Waals surface area contributed by atoms with Gasteiger partial charge in [0.1, 0.15) is 5.82 Å². The first kappa shape index (κ1) is 15.0. The van der Waals surface area contributed by atoms with Gasteiger partial charge in [-0.05, 0) is 63.4 Å². The first-order valence-electron chi connectivity index (χ1n) is 7.25. The van der Waals surface area contributed by atoms with E-state index in [2.05, 4.69) is 10.6 Å². The molecule has 20 heavy (non-hydrogen) atoms. The number of hydrogen-bond donors (Lipinski definition) is 2. The zero-order valence-electron chi connectivity index (χ0n) is 12.2. The average molecular weight is 278 g/mol. The molecule has 1 saturated heterocycles. The standard InChI is InChI=1S/C16H23FN2O/c1-16(2,13-3-5-14(17)6-4-13)15(20)19-11-12-7-9-18-10-8-12/h3-6,12,18H,7-11H2,1-2H3,(H,19,20). The highest BCUT2D eigenvalue weighted by Gasteiger charge is 2.30. The van der Waals surface area contributed by atoms with E-state index in [4.69, 9.17) is 0 Å². The van der Waals surface area contributed by atoms with Gasteiger partial charge in [-0.2, -0.15) is 0 Å². The summed E-state index contributed by atoms with van der Waals surface area (Å²) in [6.07, 6.45) is 2.22. The van der Waals surface area contributed by atoms with Gasteiger partial charge in [0.15, 0.2) is 0 Å². The molecule has 2 rings (SSSR count). The maximum absolute atomic E-state index is 13.0. The van der Waals surface area contributed by atoms with E-state index >= 15 is 0 Å². The lowest BCUT2D eigenvalue weighted by Gasteiger charge is -2.27. The number of benzene rings is 1. The Labute approximate surface area is 120 Å². The number of carbonyl (C=O) groups is 1. The van der Waals surface area contributed by atoms with Crippen LogP contribution in [0.4, 0.5) is 4.39 Å². The molecule has 110 valence electrons. The first-order valence-corrected chi connectivity index (χ1v) is 7.25. The summed E-state index contributed by atoms with van der Waals surface area (Å²) < 4.78 is 13.0. The van der Waals surface area contributed by atoms with Crippen LogP contribution in [0.5, 0.6) is 0 Å².